The number of hydrogen-bond acceptors (Lipinski definition) is 4. The van der Waals surface area contributed by atoms with Crippen LogP contribution in [-0.2, 0) is 0 Å². The van der Waals surface area contributed by atoms with Gasteiger partial charge in [-0.25, -0.2) is 0 Å². The van der Waals surface area contributed by atoms with Gasteiger partial charge < -0.3 is 19.7 Å². The average Bonchev–Trinajstić information content (AvgIpc) is 2.48. The molecule has 0 aliphatic carbocycles. The number of aliphatic hydroxyl groups excluding tert-OH is 2. The number of benzene rings is 1. The molecule has 0 bridgehead atoms. The summed E-state index contributed by atoms with van der Waals surface area (Å²) < 4.78 is 11.0. The van der Waals surface area contributed by atoms with Gasteiger partial charge in [-0.05, 0) is 0 Å². The fraction of sp³-hybridized carbons (Fsp3) is 0.375. The van der Waals surface area contributed by atoms with E-state index in [9.17, 15) is 0 Å². The molecule has 0 heterocycles. The summed E-state index contributed by atoms with van der Waals surface area (Å²) in [6.45, 7) is 0.825. The van der Waals surface area contributed by atoms with Crippen molar-refractivity contribution in [2.75, 3.05) is 26.4 Å². The maximum Gasteiger partial charge on any atom is 0.136 e. The Bertz CT molecular complexity index is 461. The van der Waals surface area contributed by atoms with Crippen molar-refractivity contribution in [3.8, 4) is 36.2 Å². The van der Waals surface area contributed by atoms with Gasteiger partial charge in [-0.15, -0.1) is 12.8 Å². The van der Waals surface area contributed by atoms with Gasteiger partial charge in [0.05, 0.1) is 24.3 Å². The molecule has 4 nitrogen and oxygen atoms in total. The largest absolute Gasteiger partial charge is 0.492 e. The van der Waals surface area contributed by atoms with Crippen molar-refractivity contribution in [2.45, 2.75) is 12.8 Å². The summed E-state index contributed by atoms with van der Waals surface area (Å²) in [5.74, 6) is 6.04. The van der Waals surface area contributed by atoms with E-state index in [1.165, 1.54) is 0 Å². The monoisotopic (exact) mass is 274 g/mol. The van der Waals surface area contributed by atoms with E-state index < -0.39 is 0 Å². The highest BCUT2D eigenvalue weighted by Gasteiger charge is 2.10. The van der Waals surface area contributed by atoms with Gasteiger partial charge in [-0.3, -0.25) is 0 Å². The molecule has 0 saturated heterocycles. The summed E-state index contributed by atoms with van der Waals surface area (Å²) in [6, 6.07) is 3.31. The molecule has 0 spiro atoms. The van der Waals surface area contributed by atoms with Crippen LogP contribution in [0.4, 0.5) is 0 Å². The lowest BCUT2D eigenvalue weighted by Crippen LogP contribution is -2.04. The summed E-state index contributed by atoms with van der Waals surface area (Å²) in [6.07, 6.45) is 11.9. The Kier molecular flexibility index (Phi) is 7.06. The van der Waals surface area contributed by atoms with Gasteiger partial charge in [-0.1, -0.05) is 11.8 Å². The summed E-state index contributed by atoms with van der Waals surface area (Å²) in [4.78, 5) is 0. The zero-order valence-electron chi connectivity index (χ0n) is 11.3. The maximum absolute atomic E-state index is 8.74. The Morgan fingerprint density at radius 1 is 0.850 bits per heavy atom. The molecule has 0 fully saturated rings. The molecule has 1 rings (SSSR count). The van der Waals surface area contributed by atoms with Crippen LogP contribution in [0, 0.1) is 24.7 Å². The van der Waals surface area contributed by atoms with Crippen molar-refractivity contribution in [2.24, 2.45) is 0 Å². The molecule has 0 unspecified atom stereocenters. The van der Waals surface area contributed by atoms with Crippen LogP contribution in [-0.4, -0.2) is 36.6 Å². The predicted octanol–water partition coefficient (Wildman–Crippen LogP) is 1.17. The first kappa shape index (κ1) is 15.9. The second kappa shape index (κ2) is 8.87. The first-order valence-electron chi connectivity index (χ1n) is 6.35. The third kappa shape index (κ3) is 4.51. The third-order valence-electron chi connectivity index (χ3n) is 2.51. The first-order valence-corrected chi connectivity index (χ1v) is 6.35. The van der Waals surface area contributed by atoms with Crippen molar-refractivity contribution in [3.63, 3.8) is 0 Å². The fourth-order valence-electron chi connectivity index (χ4n) is 1.52. The molecule has 1 aromatic carbocycles. The Morgan fingerprint density at radius 2 is 1.25 bits per heavy atom. The molecular formula is C16H18O4. The van der Waals surface area contributed by atoms with E-state index in [1.54, 1.807) is 12.1 Å². The minimum Gasteiger partial charge on any atom is -0.492 e. The zero-order chi connectivity index (χ0) is 14.8. The molecule has 1 aromatic rings. The van der Waals surface area contributed by atoms with Gasteiger partial charge in [0.15, 0.2) is 0 Å². The molecule has 0 aliphatic heterocycles. The number of hydrogen-bond donors (Lipinski definition) is 2. The van der Waals surface area contributed by atoms with Crippen LogP contribution in [0.25, 0.3) is 0 Å². The first-order chi connectivity index (χ1) is 9.76. The summed E-state index contributed by atoms with van der Waals surface area (Å²) in [5.41, 5.74) is 1.09. The Labute approximate surface area is 119 Å². The highest BCUT2D eigenvalue weighted by atomic mass is 16.5. The van der Waals surface area contributed by atoms with E-state index >= 15 is 0 Å². The fourth-order valence-corrected chi connectivity index (χ4v) is 1.52. The Morgan fingerprint density at radius 3 is 1.55 bits per heavy atom. The second-order valence-corrected chi connectivity index (χ2v) is 3.98. The van der Waals surface area contributed by atoms with Crippen molar-refractivity contribution in [1.29, 1.82) is 0 Å². The van der Waals surface area contributed by atoms with Gasteiger partial charge >= 0.3 is 0 Å². The van der Waals surface area contributed by atoms with E-state index in [-0.39, 0.29) is 13.2 Å². The lowest BCUT2D eigenvalue weighted by molar-refractivity contribution is 0.229. The van der Waals surface area contributed by atoms with E-state index in [1.807, 2.05) is 0 Å². The predicted molar refractivity (Wildman–Crippen MR) is 76.7 cm³/mol. The lowest BCUT2D eigenvalue weighted by atomic mass is 10.1. The van der Waals surface area contributed by atoms with E-state index in [0.29, 0.717) is 48.7 Å². The van der Waals surface area contributed by atoms with Crippen molar-refractivity contribution in [3.05, 3.63) is 23.3 Å². The highest BCUT2D eigenvalue weighted by molar-refractivity contribution is 5.57. The number of aliphatic hydroxyl groups is 2. The van der Waals surface area contributed by atoms with Gasteiger partial charge in [0.1, 0.15) is 11.5 Å². The minimum absolute atomic E-state index is 0.0513. The van der Waals surface area contributed by atoms with Gasteiger partial charge in [-0.2, -0.15) is 0 Å². The molecule has 20 heavy (non-hydrogen) atoms. The highest BCUT2D eigenvalue weighted by Crippen LogP contribution is 2.28. The van der Waals surface area contributed by atoms with Crippen LogP contribution in [0.5, 0.6) is 11.5 Å². The minimum atomic E-state index is 0.0513. The summed E-state index contributed by atoms with van der Waals surface area (Å²) >= 11 is 0. The van der Waals surface area contributed by atoms with Crippen LogP contribution in [0.3, 0.4) is 0 Å². The number of ether oxygens (including phenoxy) is 2. The SMILES string of the molecule is C#Cc1cc(OCCCO)c(C#C)cc1OCCCO. The van der Waals surface area contributed by atoms with Gasteiger partial charge in [0, 0.05) is 38.2 Å². The molecule has 0 saturated carbocycles. The van der Waals surface area contributed by atoms with Crippen LogP contribution >= 0.6 is 0 Å². The van der Waals surface area contributed by atoms with Crippen molar-refractivity contribution in [1.82, 2.24) is 0 Å². The quantitative estimate of drug-likeness (QED) is 0.552. The molecule has 0 aliphatic rings. The van der Waals surface area contributed by atoms with Crippen molar-refractivity contribution >= 4 is 0 Å². The standard InChI is InChI=1S/C16H18O4/c1-3-13-11-16(20-10-6-8-18)14(4-2)12-15(13)19-9-5-7-17/h1-2,11-12,17-18H,5-10H2. The van der Waals surface area contributed by atoms with E-state index in [4.69, 9.17) is 32.5 Å². The number of rotatable bonds is 8. The molecular weight excluding hydrogens is 256 g/mol. The van der Waals surface area contributed by atoms with Crippen LogP contribution in [0.2, 0.25) is 0 Å². The molecule has 2 N–H and O–H groups in total. The molecule has 0 radical (unpaired) electrons. The molecule has 0 amide bonds. The second-order valence-electron chi connectivity index (χ2n) is 3.98. The summed E-state index contributed by atoms with van der Waals surface area (Å²) in [5, 5.41) is 17.5. The summed E-state index contributed by atoms with van der Waals surface area (Å²) in [7, 11) is 0. The Hall–Kier alpha value is -2.14. The Balaban J connectivity index is 2.93. The molecule has 4 heteroatoms. The van der Waals surface area contributed by atoms with Crippen molar-refractivity contribution < 1.29 is 19.7 Å². The van der Waals surface area contributed by atoms with E-state index in [2.05, 4.69) is 11.8 Å². The average molecular weight is 274 g/mol. The molecule has 106 valence electrons. The molecule has 0 aromatic heterocycles. The molecule has 0 atom stereocenters. The third-order valence-corrected chi connectivity index (χ3v) is 2.51. The van der Waals surface area contributed by atoms with Crippen LogP contribution in [0.15, 0.2) is 12.1 Å². The maximum atomic E-state index is 8.74. The van der Waals surface area contributed by atoms with E-state index in [0.717, 1.165) is 0 Å². The van der Waals surface area contributed by atoms with Crippen LogP contribution < -0.4 is 9.47 Å². The zero-order valence-corrected chi connectivity index (χ0v) is 11.3. The topological polar surface area (TPSA) is 58.9 Å². The van der Waals surface area contributed by atoms with Gasteiger partial charge in [0.2, 0.25) is 0 Å². The van der Waals surface area contributed by atoms with Gasteiger partial charge in [0.25, 0.3) is 0 Å². The smallest absolute Gasteiger partial charge is 0.136 e. The number of terminal acetylenes is 2. The lowest BCUT2D eigenvalue weighted by Gasteiger charge is -2.13. The van der Waals surface area contributed by atoms with Crippen LogP contribution in [0.1, 0.15) is 24.0 Å². The normalized spacial score (nSPS) is 9.60.